The normalized spacial score (nSPS) is 10.6. The molecule has 0 fully saturated rings. The van der Waals surface area contributed by atoms with Gasteiger partial charge in [-0.3, -0.25) is 0 Å². The number of aromatic nitrogens is 1. The van der Waals surface area contributed by atoms with E-state index in [0.29, 0.717) is 12.2 Å². The first-order valence-electron chi connectivity index (χ1n) is 5.39. The monoisotopic (exact) mass is 328 g/mol. The number of carbonyl (C=O) groups excluding carboxylic acids is 1. The molecular weight excluding hydrogens is 316 g/mol. The van der Waals surface area contributed by atoms with E-state index in [1.807, 2.05) is 17.5 Å². The number of hydrogen-bond donors (Lipinski definition) is 2. The Kier molecular flexibility index (Phi) is 4.57. The summed E-state index contributed by atoms with van der Waals surface area (Å²) in [5, 5.41) is 5.36. The SMILES string of the molecule is COC(=O)c1ccc(CNCc2sccc2Br)[nH]1. The predicted molar refractivity (Wildman–Crippen MR) is 74.7 cm³/mol. The van der Waals surface area contributed by atoms with Crippen molar-refractivity contribution in [3.63, 3.8) is 0 Å². The molecule has 0 saturated heterocycles. The van der Waals surface area contributed by atoms with Crippen molar-refractivity contribution in [1.29, 1.82) is 0 Å². The second kappa shape index (κ2) is 6.17. The lowest BCUT2D eigenvalue weighted by Gasteiger charge is -2.02. The second-order valence-corrected chi connectivity index (χ2v) is 5.54. The minimum atomic E-state index is -0.345. The zero-order valence-electron chi connectivity index (χ0n) is 9.83. The molecule has 6 heteroatoms. The molecule has 96 valence electrons. The summed E-state index contributed by atoms with van der Waals surface area (Å²) < 4.78 is 5.76. The lowest BCUT2D eigenvalue weighted by atomic mass is 10.4. The van der Waals surface area contributed by atoms with Crippen LogP contribution >= 0.6 is 27.3 Å². The fourth-order valence-corrected chi connectivity index (χ4v) is 3.00. The van der Waals surface area contributed by atoms with E-state index in [-0.39, 0.29) is 5.97 Å². The number of hydrogen-bond acceptors (Lipinski definition) is 4. The predicted octanol–water partition coefficient (Wildman–Crippen LogP) is 2.92. The number of esters is 1. The molecule has 0 aliphatic carbocycles. The fourth-order valence-electron chi connectivity index (χ4n) is 1.53. The third-order valence-corrected chi connectivity index (χ3v) is 4.37. The minimum Gasteiger partial charge on any atom is -0.464 e. The first-order valence-corrected chi connectivity index (χ1v) is 7.06. The maximum absolute atomic E-state index is 11.3. The number of thiophene rings is 1. The van der Waals surface area contributed by atoms with E-state index in [1.54, 1.807) is 17.4 Å². The van der Waals surface area contributed by atoms with Gasteiger partial charge in [0.2, 0.25) is 0 Å². The molecule has 0 aromatic carbocycles. The number of H-pyrrole nitrogens is 1. The van der Waals surface area contributed by atoms with Gasteiger partial charge in [0.1, 0.15) is 5.69 Å². The zero-order valence-corrected chi connectivity index (χ0v) is 12.2. The van der Waals surface area contributed by atoms with E-state index in [0.717, 1.165) is 16.7 Å². The van der Waals surface area contributed by atoms with Crippen LogP contribution in [0.4, 0.5) is 0 Å². The largest absolute Gasteiger partial charge is 0.464 e. The molecule has 0 atom stereocenters. The Morgan fingerprint density at radius 2 is 2.28 bits per heavy atom. The van der Waals surface area contributed by atoms with Crippen molar-refractivity contribution in [3.8, 4) is 0 Å². The standard InChI is InChI=1S/C12H13BrN2O2S/c1-17-12(16)10-3-2-8(15-10)6-14-7-11-9(13)4-5-18-11/h2-5,14-15H,6-7H2,1H3. The number of aromatic amines is 1. The van der Waals surface area contributed by atoms with E-state index in [2.05, 4.69) is 31.0 Å². The summed E-state index contributed by atoms with van der Waals surface area (Å²) in [6.45, 7) is 1.48. The van der Waals surface area contributed by atoms with Gasteiger partial charge in [0, 0.05) is 28.1 Å². The topological polar surface area (TPSA) is 54.1 Å². The van der Waals surface area contributed by atoms with Gasteiger partial charge in [0.25, 0.3) is 0 Å². The summed E-state index contributed by atoms with van der Waals surface area (Å²) in [4.78, 5) is 15.5. The molecule has 2 heterocycles. The van der Waals surface area contributed by atoms with E-state index in [1.165, 1.54) is 12.0 Å². The summed E-state index contributed by atoms with van der Waals surface area (Å²) in [6.07, 6.45) is 0. The molecule has 2 N–H and O–H groups in total. The van der Waals surface area contributed by atoms with Crippen molar-refractivity contribution in [2.75, 3.05) is 7.11 Å². The molecule has 4 nitrogen and oxygen atoms in total. The van der Waals surface area contributed by atoms with Crippen LogP contribution in [0.15, 0.2) is 28.1 Å². The quantitative estimate of drug-likeness (QED) is 0.830. The molecule has 0 radical (unpaired) electrons. The molecule has 0 spiro atoms. The van der Waals surface area contributed by atoms with Crippen molar-refractivity contribution < 1.29 is 9.53 Å². The molecule has 0 saturated carbocycles. The van der Waals surface area contributed by atoms with Crippen LogP contribution in [0.1, 0.15) is 21.1 Å². The smallest absolute Gasteiger partial charge is 0.354 e. The highest BCUT2D eigenvalue weighted by molar-refractivity contribution is 9.10. The number of rotatable bonds is 5. The lowest BCUT2D eigenvalue weighted by Crippen LogP contribution is -2.12. The van der Waals surface area contributed by atoms with Gasteiger partial charge in [0.15, 0.2) is 0 Å². The van der Waals surface area contributed by atoms with Crippen molar-refractivity contribution >= 4 is 33.2 Å². The molecule has 2 aromatic heterocycles. The molecule has 0 bridgehead atoms. The van der Waals surface area contributed by atoms with Crippen molar-refractivity contribution in [2.45, 2.75) is 13.1 Å². The van der Waals surface area contributed by atoms with E-state index in [9.17, 15) is 4.79 Å². The summed E-state index contributed by atoms with van der Waals surface area (Å²) in [5.74, 6) is -0.345. The Hall–Kier alpha value is -1.11. The third kappa shape index (κ3) is 3.22. The Labute approximate surface area is 117 Å². The number of ether oxygens (including phenoxy) is 1. The summed E-state index contributed by atoms with van der Waals surface area (Å²) in [5.41, 5.74) is 1.44. The third-order valence-electron chi connectivity index (χ3n) is 2.44. The molecule has 0 amide bonds. The van der Waals surface area contributed by atoms with Crippen molar-refractivity contribution in [2.24, 2.45) is 0 Å². The van der Waals surface area contributed by atoms with Crippen LogP contribution in [0.25, 0.3) is 0 Å². The van der Waals surface area contributed by atoms with Gasteiger partial charge in [-0.25, -0.2) is 4.79 Å². The van der Waals surface area contributed by atoms with Gasteiger partial charge in [-0.1, -0.05) is 0 Å². The van der Waals surface area contributed by atoms with Crippen LogP contribution in [0.3, 0.4) is 0 Å². The van der Waals surface area contributed by atoms with Gasteiger partial charge < -0.3 is 15.0 Å². The lowest BCUT2D eigenvalue weighted by molar-refractivity contribution is 0.0594. The van der Waals surface area contributed by atoms with Gasteiger partial charge in [-0.2, -0.15) is 0 Å². The van der Waals surface area contributed by atoms with E-state index >= 15 is 0 Å². The van der Waals surface area contributed by atoms with Crippen molar-refractivity contribution in [1.82, 2.24) is 10.3 Å². The molecule has 0 aliphatic heterocycles. The average molecular weight is 329 g/mol. The molecule has 2 aromatic rings. The number of nitrogens with one attached hydrogen (secondary N) is 2. The molecule has 0 aliphatic rings. The van der Waals surface area contributed by atoms with Crippen LogP contribution in [-0.2, 0) is 17.8 Å². The van der Waals surface area contributed by atoms with Crippen LogP contribution < -0.4 is 5.32 Å². The van der Waals surface area contributed by atoms with Gasteiger partial charge in [0.05, 0.1) is 7.11 Å². The van der Waals surface area contributed by atoms with Gasteiger partial charge in [-0.05, 0) is 39.5 Å². The van der Waals surface area contributed by atoms with Crippen LogP contribution in [-0.4, -0.2) is 18.1 Å². The Morgan fingerprint density at radius 1 is 1.44 bits per heavy atom. The highest BCUT2D eigenvalue weighted by atomic mass is 79.9. The highest BCUT2D eigenvalue weighted by Crippen LogP contribution is 2.22. The molecule has 0 unspecified atom stereocenters. The van der Waals surface area contributed by atoms with E-state index < -0.39 is 0 Å². The number of carbonyl (C=O) groups is 1. The first-order chi connectivity index (χ1) is 8.70. The maximum Gasteiger partial charge on any atom is 0.354 e. The number of methoxy groups -OCH3 is 1. The highest BCUT2D eigenvalue weighted by Gasteiger charge is 2.07. The fraction of sp³-hybridized carbons (Fsp3) is 0.250. The Morgan fingerprint density at radius 3 is 2.94 bits per heavy atom. The van der Waals surface area contributed by atoms with E-state index in [4.69, 9.17) is 0 Å². The molecular formula is C12H13BrN2O2S. The van der Waals surface area contributed by atoms with Crippen molar-refractivity contribution in [3.05, 3.63) is 44.3 Å². The summed E-state index contributed by atoms with van der Waals surface area (Å²) in [7, 11) is 1.37. The summed E-state index contributed by atoms with van der Waals surface area (Å²) >= 11 is 5.19. The second-order valence-electron chi connectivity index (χ2n) is 3.68. The number of halogens is 1. The summed E-state index contributed by atoms with van der Waals surface area (Å²) in [6, 6.07) is 5.64. The van der Waals surface area contributed by atoms with Gasteiger partial charge in [-0.15, -0.1) is 11.3 Å². The Bertz CT molecular complexity index is 536. The molecule has 18 heavy (non-hydrogen) atoms. The first kappa shape index (κ1) is 13.3. The Balaban J connectivity index is 1.85. The van der Waals surface area contributed by atoms with Crippen LogP contribution in [0.5, 0.6) is 0 Å². The van der Waals surface area contributed by atoms with Crippen LogP contribution in [0.2, 0.25) is 0 Å². The van der Waals surface area contributed by atoms with Crippen LogP contribution in [0, 0.1) is 0 Å². The average Bonchev–Trinajstić information content (AvgIpc) is 2.99. The molecule has 2 rings (SSSR count). The van der Waals surface area contributed by atoms with Gasteiger partial charge >= 0.3 is 5.97 Å². The minimum absolute atomic E-state index is 0.345. The maximum atomic E-state index is 11.3. The zero-order chi connectivity index (χ0) is 13.0.